The van der Waals surface area contributed by atoms with Gasteiger partial charge in [-0.2, -0.15) is 0 Å². The molecule has 0 aliphatic carbocycles. The molecule has 0 fully saturated rings. The molecule has 1 aliphatic heterocycles. The maximum atomic E-state index is 12.8. The first-order chi connectivity index (χ1) is 14.0. The summed E-state index contributed by atoms with van der Waals surface area (Å²) in [5.41, 5.74) is 2.12. The Morgan fingerprint density at radius 2 is 1.55 bits per heavy atom. The monoisotopic (exact) mass is 388 g/mol. The number of nitrogens with zero attached hydrogens (tertiary/aromatic N) is 1. The molecule has 0 radical (unpaired) electrons. The summed E-state index contributed by atoms with van der Waals surface area (Å²) < 4.78 is 5.43. The fourth-order valence-corrected chi connectivity index (χ4v) is 3.43. The second kappa shape index (κ2) is 7.75. The summed E-state index contributed by atoms with van der Waals surface area (Å²) >= 11 is 0. The molecule has 0 saturated heterocycles. The van der Waals surface area contributed by atoms with Gasteiger partial charge in [0.1, 0.15) is 5.75 Å². The molecule has 0 bridgehead atoms. The number of amides is 3. The van der Waals surface area contributed by atoms with Crippen LogP contribution in [-0.4, -0.2) is 42.3 Å². The normalized spacial score (nSPS) is 12.9. The second-order valence-corrected chi connectivity index (χ2v) is 6.92. The van der Waals surface area contributed by atoms with E-state index in [4.69, 9.17) is 4.74 Å². The van der Waals surface area contributed by atoms with Crippen LogP contribution in [-0.2, 0) is 4.79 Å². The lowest BCUT2D eigenvalue weighted by molar-refractivity contribution is -0.123. The molecule has 0 aromatic heterocycles. The van der Waals surface area contributed by atoms with Gasteiger partial charge in [0.05, 0.1) is 0 Å². The van der Waals surface area contributed by atoms with Crippen LogP contribution in [0, 0.1) is 6.92 Å². The standard InChI is InChI=1S/C23H20N2O4/c1-15-8-10-17(11-9-15)29-14-20(26)24-12-13-25-22(27)18-6-2-4-16-5-3-7-19(21(16)18)23(25)28/h2-11H,12-14H2,1H3,(H,24,26). The van der Waals surface area contributed by atoms with E-state index < -0.39 is 0 Å². The van der Waals surface area contributed by atoms with E-state index in [2.05, 4.69) is 5.32 Å². The molecule has 6 heteroatoms. The number of nitrogens with one attached hydrogen (secondary N) is 1. The maximum Gasteiger partial charge on any atom is 0.261 e. The zero-order chi connectivity index (χ0) is 20.4. The number of rotatable bonds is 6. The summed E-state index contributed by atoms with van der Waals surface area (Å²) in [6, 6.07) is 18.2. The Bertz CT molecular complexity index is 1050. The van der Waals surface area contributed by atoms with Crippen molar-refractivity contribution >= 4 is 28.5 Å². The highest BCUT2D eigenvalue weighted by Crippen LogP contribution is 2.29. The number of hydrogen-bond donors (Lipinski definition) is 1. The predicted molar refractivity (Wildman–Crippen MR) is 109 cm³/mol. The summed E-state index contributed by atoms with van der Waals surface area (Å²) in [7, 11) is 0. The fraction of sp³-hybridized carbons (Fsp3) is 0.174. The van der Waals surface area contributed by atoms with Gasteiger partial charge < -0.3 is 10.1 Å². The molecule has 3 aromatic carbocycles. The van der Waals surface area contributed by atoms with Gasteiger partial charge in [0.15, 0.2) is 6.61 Å². The van der Waals surface area contributed by atoms with Crippen molar-refractivity contribution in [2.45, 2.75) is 6.92 Å². The lowest BCUT2D eigenvalue weighted by atomic mass is 9.94. The van der Waals surface area contributed by atoms with Gasteiger partial charge in [0.25, 0.3) is 17.7 Å². The number of hydrogen-bond acceptors (Lipinski definition) is 4. The van der Waals surface area contributed by atoms with Crippen LogP contribution in [0.15, 0.2) is 60.7 Å². The fourth-order valence-electron chi connectivity index (χ4n) is 3.43. The number of aryl methyl sites for hydroxylation is 1. The second-order valence-electron chi connectivity index (χ2n) is 6.92. The summed E-state index contributed by atoms with van der Waals surface area (Å²) in [5, 5.41) is 4.25. The van der Waals surface area contributed by atoms with Crippen LogP contribution in [0.25, 0.3) is 10.8 Å². The molecular formula is C23H20N2O4. The van der Waals surface area contributed by atoms with E-state index in [9.17, 15) is 14.4 Å². The first-order valence-corrected chi connectivity index (χ1v) is 9.39. The molecule has 1 heterocycles. The van der Waals surface area contributed by atoms with Gasteiger partial charge in [0.2, 0.25) is 0 Å². The van der Waals surface area contributed by atoms with E-state index in [1.165, 1.54) is 4.90 Å². The largest absolute Gasteiger partial charge is 0.484 e. The minimum absolute atomic E-state index is 0.0959. The number of benzene rings is 3. The van der Waals surface area contributed by atoms with Crippen LogP contribution in [0.4, 0.5) is 0 Å². The third-order valence-corrected chi connectivity index (χ3v) is 4.90. The molecule has 0 saturated carbocycles. The molecule has 1 aliphatic rings. The van der Waals surface area contributed by atoms with Gasteiger partial charge in [-0.3, -0.25) is 19.3 Å². The topological polar surface area (TPSA) is 75.7 Å². The van der Waals surface area contributed by atoms with E-state index in [1.54, 1.807) is 36.4 Å². The Labute approximate surface area is 168 Å². The van der Waals surface area contributed by atoms with Gasteiger partial charge in [-0.1, -0.05) is 42.0 Å². The van der Waals surface area contributed by atoms with Crippen molar-refractivity contribution in [1.29, 1.82) is 0 Å². The highest BCUT2D eigenvalue weighted by Gasteiger charge is 2.32. The van der Waals surface area contributed by atoms with Gasteiger partial charge in [0, 0.05) is 29.6 Å². The minimum Gasteiger partial charge on any atom is -0.484 e. The Kier molecular flexibility index (Phi) is 4.99. The van der Waals surface area contributed by atoms with Crippen molar-refractivity contribution in [3.8, 4) is 5.75 Å². The molecule has 3 amide bonds. The molecule has 3 aromatic rings. The van der Waals surface area contributed by atoms with E-state index in [0.29, 0.717) is 22.3 Å². The highest BCUT2D eigenvalue weighted by atomic mass is 16.5. The van der Waals surface area contributed by atoms with Crippen molar-refractivity contribution in [3.05, 3.63) is 77.4 Å². The summed E-state index contributed by atoms with van der Waals surface area (Å²) in [5.74, 6) is -0.393. The molecule has 0 spiro atoms. The van der Waals surface area contributed by atoms with Crippen LogP contribution in [0.1, 0.15) is 26.3 Å². The third-order valence-electron chi connectivity index (χ3n) is 4.90. The third kappa shape index (κ3) is 3.69. The quantitative estimate of drug-likeness (QED) is 0.659. The first kappa shape index (κ1) is 18.7. The van der Waals surface area contributed by atoms with Crippen LogP contribution in [0.2, 0.25) is 0 Å². The summed E-state index contributed by atoms with van der Waals surface area (Å²) in [6.45, 7) is 2.09. The lowest BCUT2D eigenvalue weighted by Gasteiger charge is -2.27. The van der Waals surface area contributed by atoms with Crippen LogP contribution < -0.4 is 10.1 Å². The number of ether oxygens (including phenoxy) is 1. The van der Waals surface area contributed by atoms with E-state index in [-0.39, 0.29) is 37.4 Å². The van der Waals surface area contributed by atoms with Crippen LogP contribution >= 0.6 is 0 Å². The SMILES string of the molecule is Cc1ccc(OCC(=O)NCCN2C(=O)c3cccc4cccc(c34)C2=O)cc1. The lowest BCUT2D eigenvalue weighted by Crippen LogP contribution is -2.45. The van der Waals surface area contributed by atoms with Crippen LogP contribution in [0.5, 0.6) is 5.75 Å². The van der Waals surface area contributed by atoms with Crippen molar-refractivity contribution in [2.24, 2.45) is 0 Å². The number of carbonyl (C=O) groups excluding carboxylic acids is 3. The minimum atomic E-state index is -0.343. The van der Waals surface area contributed by atoms with Crippen LogP contribution in [0.3, 0.4) is 0 Å². The van der Waals surface area contributed by atoms with Crippen molar-refractivity contribution in [2.75, 3.05) is 19.7 Å². The van der Waals surface area contributed by atoms with Crippen molar-refractivity contribution in [3.63, 3.8) is 0 Å². The number of carbonyl (C=O) groups is 3. The Balaban J connectivity index is 1.36. The average Bonchev–Trinajstić information content (AvgIpc) is 2.74. The molecule has 0 atom stereocenters. The van der Waals surface area contributed by atoms with Gasteiger partial charge >= 0.3 is 0 Å². The van der Waals surface area contributed by atoms with Gasteiger partial charge in [-0.15, -0.1) is 0 Å². The Morgan fingerprint density at radius 1 is 0.931 bits per heavy atom. The zero-order valence-corrected chi connectivity index (χ0v) is 16.0. The molecule has 0 unspecified atom stereocenters. The van der Waals surface area contributed by atoms with Crippen molar-refractivity contribution < 1.29 is 19.1 Å². The van der Waals surface area contributed by atoms with E-state index >= 15 is 0 Å². The molecule has 1 N–H and O–H groups in total. The Morgan fingerprint density at radius 3 is 2.17 bits per heavy atom. The van der Waals surface area contributed by atoms with E-state index in [1.807, 2.05) is 31.2 Å². The molecule has 4 rings (SSSR count). The molecule has 6 nitrogen and oxygen atoms in total. The molecule has 146 valence electrons. The first-order valence-electron chi connectivity index (χ1n) is 9.39. The predicted octanol–water partition coefficient (Wildman–Crippen LogP) is 2.94. The smallest absolute Gasteiger partial charge is 0.261 e. The summed E-state index contributed by atoms with van der Waals surface area (Å²) in [6.07, 6.45) is 0. The molecular weight excluding hydrogens is 368 g/mol. The highest BCUT2D eigenvalue weighted by molar-refractivity contribution is 6.25. The van der Waals surface area contributed by atoms with Gasteiger partial charge in [-0.25, -0.2) is 0 Å². The maximum absolute atomic E-state index is 12.8. The Hall–Kier alpha value is -3.67. The average molecular weight is 388 g/mol. The van der Waals surface area contributed by atoms with E-state index in [0.717, 1.165) is 10.9 Å². The number of imide groups is 1. The zero-order valence-electron chi connectivity index (χ0n) is 16.0. The molecule has 29 heavy (non-hydrogen) atoms. The van der Waals surface area contributed by atoms with Crippen molar-refractivity contribution in [1.82, 2.24) is 10.2 Å². The summed E-state index contributed by atoms with van der Waals surface area (Å²) in [4.78, 5) is 38.8. The van der Waals surface area contributed by atoms with Gasteiger partial charge in [-0.05, 0) is 36.6 Å².